The molecule has 2 aromatic carbocycles. The molecule has 0 radical (unpaired) electrons. The molecule has 1 amide bonds. The van der Waals surface area contributed by atoms with E-state index in [4.69, 9.17) is 4.74 Å². The Hall–Kier alpha value is -3.09. The number of nitro benzene ring substituents is 1. The summed E-state index contributed by atoms with van der Waals surface area (Å²) in [4.78, 5) is 26.1. The number of methoxy groups -OCH3 is 1. The van der Waals surface area contributed by atoms with E-state index in [1.807, 2.05) is 4.90 Å². The van der Waals surface area contributed by atoms with E-state index in [1.165, 1.54) is 34.5 Å². The standard InChI is InChI=1S/C21H25FN4O6S/c1-23(14-16-5-3-4-6-18(16)22)21(27)15-24-9-11-25(12-10-24)33(30,31)17-7-8-20(32-2)19(13-17)26(28)29/h3-8,13H,9-12,14-15H2,1-2H3. The molecule has 1 fully saturated rings. The number of carbonyl (C=O) groups is 1. The molecule has 0 bridgehead atoms. The van der Waals surface area contributed by atoms with E-state index in [2.05, 4.69) is 0 Å². The molecule has 1 heterocycles. The zero-order chi connectivity index (χ0) is 24.2. The largest absolute Gasteiger partial charge is 0.490 e. The minimum Gasteiger partial charge on any atom is -0.490 e. The van der Waals surface area contributed by atoms with Crippen molar-refractivity contribution in [3.63, 3.8) is 0 Å². The number of piperazine rings is 1. The van der Waals surface area contributed by atoms with E-state index in [0.717, 1.165) is 6.07 Å². The molecule has 1 aliphatic heterocycles. The van der Waals surface area contributed by atoms with Crippen molar-refractivity contribution in [1.82, 2.24) is 14.1 Å². The maximum absolute atomic E-state index is 13.8. The van der Waals surface area contributed by atoms with Crippen LogP contribution in [0.15, 0.2) is 47.4 Å². The van der Waals surface area contributed by atoms with Crippen molar-refractivity contribution in [2.24, 2.45) is 0 Å². The van der Waals surface area contributed by atoms with E-state index >= 15 is 0 Å². The second-order valence-electron chi connectivity index (χ2n) is 7.61. The van der Waals surface area contributed by atoms with E-state index in [0.29, 0.717) is 18.7 Å². The first-order valence-electron chi connectivity index (χ1n) is 10.2. The van der Waals surface area contributed by atoms with Crippen molar-refractivity contribution in [2.75, 3.05) is 46.9 Å². The normalized spacial score (nSPS) is 15.2. The topological polar surface area (TPSA) is 113 Å². The van der Waals surface area contributed by atoms with Crippen LogP contribution in [0.2, 0.25) is 0 Å². The van der Waals surface area contributed by atoms with Gasteiger partial charge in [-0.1, -0.05) is 18.2 Å². The summed E-state index contributed by atoms with van der Waals surface area (Å²) in [5.41, 5.74) is -0.0152. The Morgan fingerprint density at radius 3 is 2.45 bits per heavy atom. The van der Waals surface area contributed by atoms with Gasteiger partial charge in [0.1, 0.15) is 5.82 Å². The van der Waals surface area contributed by atoms with Gasteiger partial charge in [0.05, 0.1) is 23.5 Å². The lowest BCUT2D eigenvalue weighted by Gasteiger charge is -2.34. The van der Waals surface area contributed by atoms with Gasteiger partial charge in [0.15, 0.2) is 5.75 Å². The second kappa shape index (κ2) is 10.2. The van der Waals surface area contributed by atoms with Gasteiger partial charge in [-0.05, 0) is 18.2 Å². The van der Waals surface area contributed by atoms with Gasteiger partial charge in [-0.15, -0.1) is 0 Å². The van der Waals surface area contributed by atoms with E-state index < -0.39 is 20.6 Å². The van der Waals surface area contributed by atoms with Gasteiger partial charge in [0, 0.05) is 51.4 Å². The van der Waals surface area contributed by atoms with Crippen LogP contribution >= 0.6 is 0 Å². The van der Waals surface area contributed by atoms with Gasteiger partial charge in [-0.2, -0.15) is 4.31 Å². The van der Waals surface area contributed by atoms with Crippen LogP contribution in [-0.4, -0.2) is 80.2 Å². The fraction of sp³-hybridized carbons (Fsp3) is 0.381. The van der Waals surface area contributed by atoms with Gasteiger partial charge < -0.3 is 9.64 Å². The predicted molar refractivity (Wildman–Crippen MR) is 118 cm³/mol. The summed E-state index contributed by atoms with van der Waals surface area (Å²) in [6.07, 6.45) is 0. The number of hydrogen-bond donors (Lipinski definition) is 0. The fourth-order valence-corrected chi connectivity index (χ4v) is 4.98. The first kappa shape index (κ1) is 24.6. The van der Waals surface area contributed by atoms with Gasteiger partial charge in [0.2, 0.25) is 15.9 Å². The number of nitrogens with zero attached hydrogens (tertiary/aromatic N) is 4. The fourth-order valence-electron chi connectivity index (χ4n) is 3.53. The van der Waals surface area contributed by atoms with Gasteiger partial charge in [0.25, 0.3) is 0 Å². The number of benzene rings is 2. The van der Waals surface area contributed by atoms with E-state index in [9.17, 15) is 27.7 Å². The van der Waals surface area contributed by atoms with Crippen LogP contribution < -0.4 is 4.74 Å². The highest BCUT2D eigenvalue weighted by molar-refractivity contribution is 7.89. The lowest BCUT2D eigenvalue weighted by Crippen LogP contribution is -2.51. The van der Waals surface area contributed by atoms with Crippen molar-refractivity contribution < 1.29 is 27.3 Å². The summed E-state index contributed by atoms with van der Waals surface area (Å²) in [7, 11) is -1.09. The monoisotopic (exact) mass is 480 g/mol. The number of halogens is 1. The molecule has 0 aliphatic carbocycles. The van der Waals surface area contributed by atoms with Crippen LogP contribution in [0.1, 0.15) is 5.56 Å². The summed E-state index contributed by atoms with van der Waals surface area (Å²) >= 11 is 0. The number of nitro groups is 1. The molecule has 1 saturated heterocycles. The summed E-state index contributed by atoms with van der Waals surface area (Å²) in [5, 5.41) is 11.2. The van der Waals surface area contributed by atoms with Crippen LogP contribution in [0.25, 0.3) is 0 Å². The quantitative estimate of drug-likeness (QED) is 0.417. The highest BCUT2D eigenvalue weighted by atomic mass is 32.2. The molecule has 0 atom stereocenters. The van der Waals surface area contributed by atoms with E-state index in [-0.39, 0.29) is 48.5 Å². The molecular formula is C21H25FN4O6S. The molecule has 0 aromatic heterocycles. The van der Waals surface area contributed by atoms with Crippen molar-refractivity contribution >= 4 is 21.6 Å². The average Bonchev–Trinajstić information content (AvgIpc) is 2.80. The van der Waals surface area contributed by atoms with Crippen LogP contribution in [-0.2, 0) is 21.4 Å². The van der Waals surface area contributed by atoms with Crippen LogP contribution in [0.5, 0.6) is 5.75 Å². The highest BCUT2D eigenvalue weighted by Crippen LogP contribution is 2.30. The molecule has 33 heavy (non-hydrogen) atoms. The SMILES string of the molecule is COc1ccc(S(=O)(=O)N2CCN(CC(=O)N(C)Cc3ccccc3F)CC2)cc1[N+](=O)[O-]. The van der Waals surface area contributed by atoms with Gasteiger partial charge in [-0.3, -0.25) is 19.8 Å². The molecule has 2 aromatic rings. The average molecular weight is 481 g/mol. The highest BCUT2D eigenvalue weighted by Gasteiger charge is 2.31. The van der Waals surface area contributed by atoms with Crippen molar-refractivity contribution in [3.05, 3.63) is 64.0 Å². The van der Waals surface area contributed by atoms with Crippen molar-refractivity contribution in [1.29, 1.82) is 0 Å². The molecule has 1 aliphatic rings. The number of hydrogen-bond acceptors (Lipinski definition) is 7. The molecule has 0 N–H and O–H groups in total. The molecular weight excluding hydrogens is 455 g/mol. The Kier molecular flexibility index (Phi) is 7.61. The Balaban J connectivity index is 1.60. The number of rotatable bonds is 8. The zero-order valence-electron chi connectivity index (χ0n) is 18.3. The van der Waals surface area contributed by atoms with Crippen LogP contribution in [0, 0.1) is 15.9 Å². The summed E-state index contributed by atoms with van der Waals surface area (Å²) in [6.45, 7) is 1.11. The lowest BCUT2D eigenvalue weighted by atomic mass is 10.2. The predicted octanol–water partition coefficient (Wildman–Crippen LogP) is 1.71. The summed E-state index contributed by atoms with van der Waals surface area (Å²) < 4.78 is 45.9. The third kappa shape index (κ3) is 5.64. The van der Waals surface area contributed by atoms with E-state index in [1.54, 1.807) is 25.2 Å². The van der Waals surface area contributed by atoms with Crippen LogP contribution in [0.4, 0.5) is 10.1 Å². The number of sulfonamides is 1. The first-order valence-corrected chi connectivity index (χ1v) is 11.6. The molecule has 10 nitrogen and oxygen atoms in total. The Bertz CT molecular complexity index is 1140. The third-order valence-electron chi connectivity index (χ3n) is 5.47. The maximum atomic E-state index is 13.8. The number of carbonyl (C=O) groups excluding carboxylic acids is 1. The number of ether oxygens (including phenoxy) is 1. The summed E-state index contributed by atoms with van der Waals surface area (Å²) in [6, 6.07) is 9.75. The molecule has 0 spiro atoms. The first-order chi connectivity index (χ1) is 15.6. The van der Waals surface area contributed by atoms with Gasteiger partial charge in [-0.25, -0.2) is 12.8 Å². The maximum Gasteiger partial charge on any atom is 0.312 e. The molecule has 178 valence electrons. The number of amides is 1. The molecule has 12 heteroatoms. The van der Waals surface area contributed by atoms with Crippen LogP contribution in [0.3, 0.4) is 0 Å². The smallest absolute Gasteiger partial charge is 0.312 e. The Labute approximate surface area is 191 Å². The molecule has 0 unspecified atom stereocenters. The second-order valence-corrected chi connectivity index (χ2v) is 9.55. The zero-order valence-corrected chi connectivity index (χ0v) is 19.1. The van der Waals surface area contributed by atoms with Gasteiger partial charge >= 0.3 is 5.69 Å². The van der Waals surface area contributed by atoms with Crippen molar-refractivity contribution in [3.8, 4) is 5.75 Å². The van der Waals surface area contributed by atoms with Crippen molar-refractivity contribution in [2.45, 2.75) is 11.4 Å². The minimum atomic E-state index is -3.95. The third-order valence-corrected chi connectivity index (χ3v) is 7.36. The number of likely N-dealkylation sites (N-methyl/N-ethyl adjacent to an activating group) is 1. The summed E-state index contributed by atoms with van der Waals surface area (Å²) in [5.74, 6) is -0.614. The minimum absolute atomic E-state index is 0.0261. The lowest BCUT2D eigenvalue weighted by molar-refractivity contribution is -0.386. The molecule has 0 saturated carbocycles. The Morgan fingerprint density at radius 1 is 1.18 bits per heavy atom. The Morgan fingerprint density at radius 2 is 1.85 bits per heavy atom. The molecule has 3 rings (SSSR count).